The van der Waals surface area contributed by atoms with Gasteiger partial charge in [0, 0.05) is 40.8 Å². The van der Waals surface area contributed by atoms with E-state index < -0.39 is 17.3 Å². The van der Waals surface area contributed by atoms with Gasteiger partial charge in [-0.3, -0.25) is 14.2 Å². The topological polar surface area (TPSA) is 101 Å². The Bertz CT molecular complexity index is 634. The Morgan fingerprint density at radius 3 is 2.75 bits per heavy atom. The van der Waals surface area contributed by atoms with E-state index in [1.165, 1.54) is 14.1 Å². The van der Waals surface area contributed by atoms with Crippen molar-refractivity contribution in [2.45, 2.75) is 6.04 Å². The van der Waals surface area contributed by atoms with Crippen molar-refractivity contribution in [3.63, 3.8) is 0 Å². The molecule has 9 nitrogen and oxygen atoms in total. The second kappa shape index (κ2) is 5.45. The van der Waals surface area contributed by atoms with Gasteiger partial charge in [-0.15, -0.1) is 5.10 Å². The summed E-state index contributed by atoms with van der Waals surface area (Å²) in [7, 11) is 4.41. The number of likely N-dealkylation sites (N-methyl/N-ethyl adjacent to an activating group) is 1. The molecule has 0 saturated carbocycles. The van der Waals surface area contributed by atoms with Crippen molar-refractivity contribution >= 4 is 11.7 Å². The zero-order chi connectivity index (χ0) is 14.9. The fraction of sp³-hybridized carbons (Fsp3) is 0.636. The molecule has 110 valence electrons. The maximum atomic E-state index is 12.2. The van der Waals surface area contributed by atoms with Crippen LogP contribution in [0.5, 0.6) is 0 Å². The Hall–Kier alpha value is -2.16. The zero-order valence-electron chi connectivity index (χ0n) is 11.7. The highest BCUT2D eigenvalue weighted by Gasteiger charge is 2.31. The van der Waals surface area contributed by atoms with Gasteiger partial charge in [-0.05, 0) is 0 Å². The highest BCUT2D eigenvalue weighted by atomic mass is 16.2. The van der Waals surface area contributed by atoms with Crippen LogP contribution in [0, 0.1) is 0 Å². The van der Waals surface area contributed by atoms with Crippen molar-refractivity contribution in [1.82, 2.24) is 25.0 Å². The second-order valence-electron chi connectivity index (χ2n) is 4.62. The van der Waals surface area contributed by atoms with E-state index in [4.69, 9.17) is 0 Å². The van der Waals surface area contributed by atoms with Crippen LogP contribution in [0.25, 0.3) is 0 Å². The first-order chi connectivity index (χ1) is 9.47. The molecule has 0 radical (unpaired) electrons. The monoisotopic (exact) mass is 282 g/mol. The molecule has 1 amide bonds. The first-order valence-corrected chi connectivity index (χ1v) is 6.30. The lowest BCUT2D eigenvalue weighted by Gasteiger charge is -2.35. The molecule has 2 N–H and O–H groups in total. The summed E-state index contributed by atoms with van der Waals surface area (Å²) in [6.45, 7) is 1.53. The van der Waals surface area contributed by atoms with Crippen LogP contribution in [0.3, 0.4) is 0 Å². The molecule has 1 unspecified atom stereocenters. The molecule has 9 heteroatoms. The molecule has 1 aliphatic rings. The molecule has 1 fully saturated rings. The lowest BCUT2D eigenvalue weighted by Crippen LogP contribution is -2.60. The normalized spacial score (nSPS) is 18.9. The summed E-state index contributed by atoms with van der Waals surface area (Å²) in [5.74, 6) is -0.0837. The second-order valence-corrected chi connectivity index (χ2v) is 4.62. The van der Waals surface area contributed by atoms with Crippen LogP contribution < -0.4 is 26.8 Å². The van der Waals surface area contributed by atoms with Crippen LogP contribution >= 0.6 is 0 Å². The van der Waals surface area contributed by atoms with Gasteiger partial charge in [-0.25, -0.2) is 9.48 Å². The van der Waals surface area contributed by atoms with E-state index in [0.29, 0.717) is 19.6 Å². The highest BCUT2D eigenvalue weighted by molar-refractivity contribution is 5.85. The van der Waals surface area contributed by atoms with E-state index in [2.05, 4.69) is 15.7 Å². The summed E-state index contributed by atoms with van der Waals surface area (Å²) in [5, 5.41) is 9.68. The molecule has 2 heterocycles. The highest BCUT2D eigenvalue weighted by Crippen LogP contribution is 2.10. The molecule has 1 saturated heterocycles. The molecule has 1 aromatic rings. The van der Waals surface area contributed by atoms with E-state index in [9.17, 15) is 14.4 Å². The fourth-order valence-corrected chi connectivity index (χ4v) is 2.22. The lowest BCUT2D eigenvalue weighted by atomic mass is 10.2. The average molecular weight is 282 g/mol. The Labute approximate surface area is 115 Å². The first kappa shape index (κ1) is 14.3. The predicted octanol–water partition coefficient (Wildman–Crippen LogP) is -3.00. The Kier molecular flexibility index (Phi) is 3.89. The molecule has 0 aromatic carbocycles. The van der Waals surface area contributed by atoms with Crippen LogP contribution in [0.15, 0.2) is 9.59 Å². The zero-order valence-corrected chi connectivity index (χ0v) is 11.7. The number of nitrogens with zero attached hydrogens (tertiary/aromatic N) is 4. The fourth-order valence-electron chi connectivity index (χ4n) is 2.22. The summed E-state index contributed by atoms with van der Waals surface area (Å²) in [5.41, 5.74) is -0.991. The van der Waals surface area contributed by atoms with Crippen molar-refractivity contribution in [3.05, 3.63) is 20.8 Å². The molecule has 2 rings (SSSR count). The minimum Gasteiger partial charge on any atom is -0.357 e. The summed E-state index contributed by atoms with van der Waals surface area (Å²) < 4.78 is 2.09. The third-order valence-electron chi connectivity index (χ3n) is 3.37. The number of aromatic nitrogens is 3. The number of anilines is 1. The number of carbonyl (C=O) groups is 1. The third-order valence-corrected chi connectivity index (χ3v) is 3.37. The van der Waals surface area contributed by atoms with E-state index in [1.807, 2.05) is 0 Å². The molecule has 0 spiro atoms. The van der Waals surface area contributed by atoms with Crippen molar-refractivity contribution in [2.24, 2.45) is 14.1 Å². The Morgan fingerprint density at radius 2 is 2.10 bits per heavy atom. The van der Waals surface area contributed by atoms with E-state index in [0.717, 1.165) is 9.25 Å². The van der Waals surface area contributed by atoms with Gasteiger partial charge in [0.15, 0.2) is 0 Å². The summed E-state index contributed by atoms with van der Waals surface area (Å²) >= 11 is 0. The molecule has 1 atom stereocenters. The molecule has 20 heavy (non-hydrogen) atoms. The number of carbonyl (C=O) groups excluding carboxylic acids is 1. The van der Waals surface area contributed by atoms with Crippen LogP contribution in [0.1, 0.15) is 0 Å². The molecule has 1 aliphatic heterocycles. The predicted molar refractivity (Wildman–Crippen MR) is 72.8 cm³/mol. The van der Waals surface area contributed by atoms with E-state index in [1.54, 1.807) is 11.9 Å². The number of piperazine rings is 1. The lowest BCUT2D eigenvalue weighted by molar-refractivity contribution is -0.122. The van der Waals surface area contributed by atoms with Crippen molar-refractivity contribution in [2.75, 3.05) is 31.6 Å². The largest absolute Gasteiger partial charge is 0.357 e. The maximum absolute atomic E-state index is 12.2. The van der Waals surface area contributed by atoms with E-state index >= 15 is 0 Å². The van der Waals surface area contributed by atoms with Crippen LogP contribution in [-0.2, 0) is 18.9 Å². The SMILES string of the molecule is CNC(=O)C1CNCCN1c1nn(C)c(=O)n(C)c1=O. The maximum Gasteiger partial charge on any atom is 0.346 e. The standard InChI is InChI=1S/C11H18N6O3/c1-12-9(18)7-6-13-4-5-17(7)8-10(19)15(2)11(20)16(3)14-8/h7,13H,4-6H2,1-3H3,(H,12,18). The van der Waals surface area contributed by atoms with Crippen molar-refractivity contribution in [3.8, 4) is 0 Å². The number of amides is 1. The van der Waals surface area contributed by atoms with Gasteiger partial charge < -0.3 is 15.5 Å². The number of hydrogen-bond donors (Lipinski definition) is 2. The van der Waals surface area contributed by atoms with Gasteiger partial charge in [0.05, 0.1) is 0 Å². The van der Waals surface area contributed by atoms with Crippen LogP contribution in [0.4, 0.5) is 5.82 Å². The van der Waals surface area contributed by atoms with Gasteiger partial charge in [-0.1, -0.05) is 0 Å². The smallest absolute Gasteiger partial charge is 0.346 e. The van der Waals surface area contributed by atoms with E-state index in [-0.39, 0.29) is 11.7 Å². The minimum absolute atomic E-state index is 0.115. The van der Waals surface area contributed by atoms with Gasteiger partial charge in [-0.2, -0.15) is 0 Å². The molecule has 0 aliphatic carbocycles. The molecule has 1 aromatic heterocycles. The van der Waals surface area contributed by atoms with Gasteiger partial charge in [0.1, 0.15) is 6.04 Å². The molecule has 0 bridgehead atoms. The summed E-state index contributed by atoms with van der Waals surface area (Å²) in [4.78, 5) is 37.4. The van der Waals surface area contributed by atoms with Gasteiger partial charge >= 0.3 is 5.69 Å². The third kappa shape index (κ3) is 2.31. The minimum atomic E-state index is -0.522. The molecular weight excluding hydrogens is 264 g/mol. The number of rotatable bonds is 2. The van der Waals surface area contributed by atoms with Crippen LogP contribution in [0.2, 0.25) is 0 Å². The van der Waals surface area contributed by atoms with Crippen molar-refractivity contribution < 1.29 is 4.79 Å². The number of aryl methyl sites for hydroxylation is 1. The average Bonchev–Trinajstić information content (AvgIpc) is 2.48. The number of nitrogens with one attached hydrogen (secondary N) is 2. The summed E-state index contributed by atoms with van der Waals surface area (Å²) in [6.07, 6.45) is 0. The van der Waals surface area contributed by atoms with Crippen LogP contribution in [-0.4, -0.2) is 53.0 Å². The van der Waals surface area contributed by atoms with Gasteiger partial charge in [0.25, 0.3) is 5.56 Å². The Morgan fingerprint density at radius 1 is 1.40 bits per heavy atom. The summed E-state index contributed by atoms with van der Waals surface area (Å²) in [6, 6.07) is -0.522. The quantitative estimate of drug-likeness (QED) is 0.599. The van der Waals surface area contributed by atoms with Crippen molar-refractivity contribution in [1.29, 1.82) is 0 Å². The Balaban J connectivity index is 2.51. The first-order valence-electron chi connectivity index (χ1n) is 6.30. The van der Waals surface area contributed by atoms with Gasteiger partial charge in [0.2, 0.25) is 11.7 Å². The number of hydrogen-bond acceptors (Lipinski definition) is 6. The molecular formula is C11H18N6O3.